The number of aromatic nitrogens is 4. The number of halogens is 1. The molecule has 4 aromatic rings. The van der Waals surface area contributed by atoms with Crippen LogP contribution in [0.25, 0.3) is 23.0 Å². The Labute approximate surface area is 160 Å². The number of hydrogen-bond acceptors (Lipinski definition) is 5. The first-order valence-electron chi connectivity index (χ1n) is 8.58. The van der Waals surface area contributed by atoms with Gasteiger partial charge in [0.05, 0.1) is 25.2 Å². The number of imidazole rings is 1. The molecule has 1 aliphatic rings. The van der Waals surface area contributed by atoms with Gasteiger partial charge in [-0.25, -0.2) is 4.98 Å². The van der Waals surface area contributed by atoms with E-state index in [1.54, 1.807) is 18.5 Å². The van der Waals surface area contributed by atoms with E-state index in [0.29, 0.717) is 35.6 Å². The van der Waals surface area contributed by atoms with Crippen LogP contribution < -0.4 is 0 Å². The Morgan fingerprint density at radius 1 is 1.04 bits per heavy atom. The van der Waals surface area contributed by atoms with Crippen molar-refractivity contribution in [2.24, 2.45) is 0 Å². The predicted octanol–water partition coefficient (Wildman–Crippen LogP) is 4.53. The van der Waals surface area contributed by atoms with Crippen molar-refractivity contribution in [1.29, 1.82) is 0 Å². The highest BCUT2D eigenvalue weighted by atomic mass is 35.5. The Bertz CT molecular complexity index is 1070. The Morgan fingerprint density at radius 3 is 2.67 bits per heavy atom. The molecule has 2 aromatic heterocycles. The lowest BCUT2D eigenvalue weighted by molar-refractivity contribution is 0.00330. The van der Waals surface area contributed by atoms with Gasteiger partial charge in [-0.3, -0.25) is 0 Å². The van der Waals surface area contributed by atoms with E-state index in [4.69, 9.17) is 20.9 Å². The maximum absolute atomic E-state index is 6.05. The fraction of sp³-hybridized carbons (Fsp3) is 0.150. The number of benzene rings is 2. The molecule has 0 amide bonds. The molecule has 0 spiro atoms. The van der Waals surface area contributed by atoms with Crippen LogP contribution in [0.1, 0.15) is 17.4 Å². The lowest BCUT2D eigenvalue weighted by Gasteiger charge is -2.25. The van der Waals surface area contributed by atoms with Crippen LogP contribution in [0.4, 0.5) is 0 Å². The van der Waals surface area contributed by atoms with Crippen molar-refractivity contribution in [3.8, 4) is 23.0 Å². The highest BCUT2D eigenvalue weighted by molar-refractivity contribution is 6.30. The van der Waals surface area contributed by atoms with Gasteiger partial charge in [-0.05, 0) is 29.8 Å². The SMILES string of the molecule is Clc1ccc(-c2noc(-c3ncn4c3COC(c3ccccc3)C4)n2)cc1. The first kappa shape index (κ1) is 16.2. The fourth-order valence-corrected chi connectivity index (χ4v) is 3.34. The number of ether oxygens (including phenoxy) is 1. The summed E-state index contributed by atoms with van der Waals surface area (Å²) in [5, 5.41) is 4.73. The lowest BCUT2D eigenvalue weighted by atomic mass is 10.1. The minimum absolute atomic E-state index is 0.00747. The molecule has 0 saturated carbocycles. The van der Waals surface area contributed by atoms with Gasteiger partial charge in [-0.1, -0.05) is 47.1 Å². The molecule has 0 fully saturated rings. The van der Waals surface area contributed by atoms with E-state index in [9.17, 15) is 0 Å². The summed E-state index contributed by atoms with van der Waals surface area (Å²) in [7, 11) is 0. The van der Waals surface area contributed by atoms with Gasteiger partial charge in [-0.15, -0.1) is 0 Å². The van der Waals surface area contributed by atoms with Crippen molar-refractivity contribution >= 4 is 11.6 Å². The Hall–Kier alpha value is -2.96. The largest absolute Gasteiger partial charge is 0.365 e. The second-order valence-electron chi connectivity index (χ2n) is 6.33. The van der Waals surface area contributed by atoms with E-state index in [2.05, 4.69) is 31.8 Å². The zero-order valence-corrected chi connectivity index (χ0v) is 15.0. The number of fused-ring (bicyclic) bond motifs is 1. The summed E-state index contributed by atoms with van der Waals surface area (Å²) >= 11 is 5.93. The molecule has 0 aliphatic carbocycles. The molecule has 5 rings (SSSR count). The molecular weight excluding hydrogens is 364 g/mol. The number of nitrogens with zero attached hydrogens (tertiary/aromatic N) is 4. The van der Waals surface area contributed by atoms with Gasteiger partial charge in [0.25, 0.3) is 5.89 Å². The molecule has 27 heavy (non-hydrogen) atoms. The van der Waals surface area contributed by atoms with Crippen molar-refractivity contribution in [2.45, 2.75) is 19.3 Å². The smallest absolute Gasteiger partial charge is 0.278 e. The molecule has 0 N–H and O–H groups in total. The third-order valence-electron chi connectivity index (χ3n) is 4.63. The van der Waals surface area contributed by atoms with Crippen LogP contribution in [-0.4, -0.2) is 19.7 Å². The van der Waals surface area contributed by atoms with Gasteiger partial charge >= 0.3 is 0 Å². The first-order valence-corrected chi connectivity index (χ1v) is 8.96. The zero-order valence-electron chi connectivity index (χ0n) is 14.2. The van der Waals surface area contributed by atoms with E-state index in [1.807, 2.05) is 30.3 Å². The second-order valence-corrected chi connectivity index (χ2v) is 6.77. The maximum atomic E-state index is 6.05. The van der Waals surface area contributed by atoms with Crippen LogP contribution in [0.3, 0.4) is 0 Å². The quantitative estimate of drug-likeness (QED) is 0.524. The monoisotopic (exact) mass is 378 g/mol. The third-order valence-corrected chi connectivity index (χ3v) is 4.88. The van der Waals surface area contributed by atoms with Crippen LogP contribution in [0.5, 0.6) is 0 Å². The van der Waals surface area contributed by atoms with Crippen molar-refractivity contribution in [2.75, 3.05) is 0 Å². The van der Waals surface area contributed by atoms with Crippen molar-refractivity contribution in [3.05, 3.63) is 77.2 Å². The van der Waals surface area contributed by atoms with Crippen LogP contribution in [-0.2, 0) is 17.9 Å². The molecule has 1 atom stereocenters. The zero-order chi connectivity index (χ0) is 18.2. The predicted molar refractivity (Wildman–Crippen MR) is 99.9 cm³/mol. The summed E-state index contributed by atoms with van der Waals surface area (Å²) < 4.78 is 13.6. The third kappa shape index (κ3) is 3.03. The maximum Gasteiger partial charge on any atom is 0.278 e. The Morgan fingerprint density at radius 2 is 1.85 bits per heavy atom. The summed E-state index contributed by atoms with van der Waals surface area (Å²) in [5.74, 6) is 0.887. The van der Waals surface area contributed by atoms with Gasteiger partial charge in [-0.2, -0.15) is 4.98 Å². The van der Waals surface area contributed by atoms with E-state index in [1.165, 1.54) is 0 Å². The molecule has 3 heterocycles. The summed E-state index contributed by atoms with van der Waals surface area (Å²) in [5.41, 5.74) is 3.59. The van der Waals surface area contributed by atoms with Crippen molar-refractivity contribution < 1.29 is 9.26 Å². The Balaban J connectivity index is 1.42. The summed E-state index contributed by atoms with van der Waals surface area (Å²) in [6.45, 7) is 1.14. The highest BCUT2D eigenvalue weighted by Crippen LogP contribution is 2.31. The molecule has 0 bridgehead atoms. The van der Waals surface area contributed by atoms with E-state index in [-0.39, 0.29) is 6.10 Å². The fourth-order valence-electron chi connectivity index (χ4n) is 3.21. The van der Waals surface area contributed by atoms with Crippen molar-refractivity contribution in [3.63, 3.8) is 0 Å². The molecule has 6 nitrogen and oxygen atoms in total. The normalized spacial score (nSPS) is 16.3. The standard InChI is InChI=1S/C20H15ClN4O2/c21-15-8-6-14(7-9-15)19-23-20(27-24-19)18-16-11-26-17(10-25(16)12-22-18)13-4-2-1-3-5-13/h1-9,12,17H,10-11H2. The molecule has 1 unspecified atom stereocenters. The van der Waals surface area contributed by atoms with Crippen LogP contribution in [0.15, 0.2) is 65.4 Å². The average Bonchev–Trinajstić information content (AvgIpc) is 3.35. The van der Waals surface area contributed by atoms with Crippen LogP contribution >= 0.6 is 11.6 Å². The summed E-state index contributed by atoms with van der Waals surface area (Å²) in [6, 6.07) is 17.5. The van der Waals surface area contributed by atoms with Gasteiger partial charge in [0.2, 0.25) is 5.82 Å². The lowest BCUT2D eigenvalue weighted by Crippen LogP contribution is -2.20. The average molecular weight is 379 g/mol. The van der Waals surface area contributed by atoms with E-state index >= 15 is 0 Å². The van der Waals surface area contributed by atoms with Gasteiger partial charge in [0, 0.05) is 10.6 Å². The molecule has 2 aromatic carbocycles. The number of hydrogen-bond donors (Lipinski definition) is 0. The van der Waals surface area contributed by atoms with E-state index in [0.717, 1.165) is 16.8 Å². The summed E-state index contributed by atoms with van der Waals surface area (Å²) in [6.07, 6.45) is 1.81. The highest BCUT2D eigenvalue weighted by Gasteiger charge is 2.26. The van der Waals surface area contributed by atoms with Crippen LogP contribution in [0.2, 0.25) is 5.02 Å². The van der Waals surface area contributed by atoms with Gasteiger partial charge in [0.15, 0.2) is 5.69 Å². The Kier molecular flexibility index (Phi) is 3.99. The minimum atomic E-state index is 0.00747. The molecular formula is C20H15ClN4O2. The molecule has 134 valence electrons. The minimum Gasteiger partial charge on any atom is -0.365 e. The summed E-state index contributed by atoms with van der Waals surface area (Å²) in [4.78, 5) is 8.97. The number of rotatable bonds is 3. The van der Waals surface area contributed by atoms with E-state index < -0.39 is 0 Å². The molecule has 0 radical (unpaired) electrons. The van der Waals surface area contributed by atoms with Crippen molar-refractivity contribution in [1.82, 2.24) is 19.7 Å². The second kappa shape index (κ2) is 6.64. The van der Waals surface area contributed by atoms with Crippen LogP contribution in [0, 0.1) is 0 Å². The molecule has 1 aliphatic heterocycles. The van der Waals surface area contributed by atoms with Gasteiger partial charge < -0.3 is 13.8 Å². The topological polar surface area (TPSA) is 66.0 Å². The first-order chi connectivity index (χ1) is 13.3. The molecule has 7 heteroatoms. The van der Waals surface area contributed by atoms with Gasteiger partial charge in [0.1, 0.15) is 6.10 Å². The molecule has 0 saturated heterocycles.